The zero-order valence-corrected chi connectivity index (χ0v) is 12.9. The zero-order chi connectivity index (χ0) is 15.5. The number of hydrogen-bond donors (Lipinski definition) is 0. The number of benzene rings is 2. The molecule has 0 atom stereocenters. The lowest BCUT2D eigenvalue weighted by atomic mass is 9.87. The Bertz CT molecular complexity index is 715. The SMILES string of the molecule is Cc1ccc(C(c2ccc(C)cc2)c2cccc[n+]2[O-])cc1. The third-order valence-electron chi connectivity index (χ3n) is 3.97. The number of aromatic nitrogens is 1. The number of pyridine rings is 1. The molecule has 2 heteroatoms. The molecule has 110 valence electrons. The molecule has 0 aliphatic heterocycles. The number of aryl methyl sites for hydroxylation is 2. The highest BCUT2D eigenvalue weighted by molar-refractivity contribution is 5.40. The maximum absolute atomic E-state index is 12.3. The Hall–Kier alpha value is -2.61. The van der Waals surface area contributed by atoms with Crippen molar-refractivity contribution in [3.05, 3.63) is 106 Å². The van der Waals surface area contributed by atoms with E-state index in [1.807, 2.05) is 12.1 Å². The first-order valence-corrected chi connectivity index (χ1v) is 7.46. The molecule has 2 aromatic carbocycles. The molecule has 0 amide bonds. The van der Waals surface area contributed by atoms with Crippen LogP contribution in [0.2, 0.25) is 0 Å². The Labute approximate surface area is 131 Å². The van der Waals surface area contributed by atoms with Crippen LogP contribution in [-0.2, 0) is 0 Å². The van der Waals surface area contributed by atoms with Crippen LogP contribution in [0, 0.1) is 19.1 Å². The second-order valence-corrected chi connectivity index (χ2v) is 5.71. The first kappa shape index (κ1) is 14.3. The second-order valence-electron chi connectivity index (χ2n) is 5.71. The van der Waals surface area contributed by atoms with E-state index < -0.39 is 0 Å². The topological polar surface area (TPSA) is 26.9 Å². The van der Waals surface area contributed by atoms with Crippen LogP contribution in [0.1, 0.15) is 33.9 Å². The molecule has 0 fully saturated rings. The van der Waals surface area contributed by atoms with Crippen molar-refractivity contribution in [1.82, 2.24) is 0 Å². The van der Waals surface area contributed by atoms with Gasteiger partial charge in [0.15, 0.2) is 6.20 Å². The Morgan fingerprint density at radius 3 is 1.68 bits per heavy atom. The van der Waals surface area contributed by atoms with Crippen LogP contribution >= 0.6 is 0 Å². The Morgan fingerprint density at radius 2 is 1.23 bits per heavy atom. The molecular weight excluding hydrogens is 270 g/mol. The highest BCUT2D eigenvalue weighted by Crippen LogP contribution is 2.30. The molecule has 3 aromatic rings. The summed E-state index contributed by atoms with van der Waals surface area (Å²) >= 11 is 0. The predicted octanol–water partition coefficient (Wildman–Crippen LogP) is 4.12. The monoisotopic (exact) mass is 289 g/mol. The fourth-order valence-corrected chi connectivity index (χ4v) is 2.72. The summed E-state index contributed by atoms with van der Waals surface area (Å²) < 4.78 is 0.963. The molecule has 0 spiro atoms. The van der Waals surface area contributed by atoms with E-state index in [1.165, 1.54) is 11.1 Å². The fourth-order valence-electron chi connectivity index (χ4n) is 2.72. The summed E-state index contributed by atoms with van der Waals surface area (Å²) in [5.41, 5.74) is 5.44. The lowest BCUT2D eigenvalue weighted by Gasteiger charge is -2.18. The predicted molar refractivity (Wildman–Crippen MR) is 88.7 cm³/mol. The maximum atomic E-state index is 12.3. The average molecular weight is 289 g/mol. The van der Waals surface area contributed by atoms with Gasteiger partial charge in [0.25, 0.3) is 0 Å². The van der Waals surface area contributed by atoms with Crippen LogP contribution in [0.25, 0.3) is 0 Å². The van der Waals surface area contributed by atoms with E-state index in [4.69, 9.17) is 0 Å². The van der Waals surface area contributed by atoms with E-state index in [0.717, 1.165) is 21.6 Å². The average Bonchev–Trinajstić information content (AvgIpc) is 2.53. The van der Waals surface area contributed by atoms with Crippen LogP contribution in [0.4, 0.5) is 0 Å². The number of rotatable bonds is 3. The molecule has 0 aliphatic carbocycles. The van der Waals surface area contributed by atoms with Crippen molar-refractivity contribution in [2.75, 3.05) is 0 Å². The molecule has 0 saturated heterocycles. The van der Waals surface area contributed by atoms with Gasteiger partial charge < -0.3 is 5.21 Å². The molecule has 2 nitrogen and oxygen atoms in total. The van der Waals surface area contributed by atoms with Gasteiger partial charge >= 0.3 is 0 Å². The van der Waals surface area contributed by atoms with Gasteiger partial charge in [-0.1, -0.05) is 59.7 Å². The van der Waals surface area contributed by atoms with E-state index >= 15 is 0 Å². The molecule has 0 N–H and O–H groups in total. The Kier molecular flexibility index (Phi) is 3.92. The van der Waals surface area contributed by atoms with Crippen LogP contribution in [0.5, 0.6) is 0 Å². The molecule has 1 aromatic heterocycles. The Morgan fingerprint density at radius 1 is 0.727 bits per heavy atom. The summed E-state index contributed by atoms with van der Waals surface area (Å²) in [6, 6.07) is 22.4. The smallest absolute Gasteiger partial charge is 0.204 e. The Balaban J connectivity index is 2.16. The van der Waals surface area contributed by atoms with E-state index in [2.05, 4.69) is 62.4 Å². The molecule has 0 aliphatic rings. The molecule has 22 heavy (non-hydrogen) atoms. The van der Waals surface area contributed by atoms with Crippen LogP contribution in [0.3, 0.4) is 0 Å². The van der Waals surface area contributed by atoms with Crippen molar-refractivity contribution in [2.45, 2.75) is 19.8 Å². The van der Waals surface area contributed by atoms with E-state index in [-0.39, 0.29) is 5.92 Å². The van der Waals surface area contributed by atoms with E-state index in [9.17, 15) is 5.21 Å². The van der Waals surface area contributed by atoms with Gasteiger partial charge in [0.2, 0.25) is 5.69 Å². The zero-order valence-electron chi connectivity index (χ0n) is 12.9. The third-order valence-corrected chi connectivity index (χ3v) is 3.97. The van der Waals surface area contributed by atoms with Gasteiger partial charge in [-0.05, 0) is 31.0 Å². The van der Waals surface area contributed by atoms with Gasteiger partial charge in [-0.25, -0.2) is 0 Å². The first-order valence-electron chi connectivity index (χ1n) is 7.46. The summed E-state index contributed by atoms with van der Waals surface area (Å²) in [4.78, 5) is 0. The van der Waals surface area contributed by atoms with Gasteiger partial charge in [-0.2, -0.15) is 4.73 Å². The summed E-state index contributed by atoms with van der Waals surface area (Å²) in [5, 5.41) is 12.3. The summed E-state index contributed by atoms with van der Waals surface area (Å²) in [6.45, 7) is 4.14. The van der Waals surface area contributed by atoms with Crippen molar-refractivity contribution >= 4 is 0 Å². The molecule has 1 heterocycles. The fraction of sp³-hybridized carbons (Fsp3) is 0.150. The van der Waals surface area contributed by atoms with Gasteiger partial charge in [0, 0.05) is 12.1 Å². The van der Waals surface area contributed by atoms with Crippen LogP contribution in [0.15, 0.2) is 72.9 Å². The van der Waals surface area contributed by atoms with Crippen LogP contribution < -0.4 is 4.73 Å². The third kappa shape index (κ3) is 2.86. The molecule has 3 rings (SSSR count). The van der Waals surface area contributed by atoms with Crippen molar-refractivity contribution < 1.29 is 4.73 Å². The number of nitrogens with zero attached hydrogens (tertiary/aromatic N) is 1. The summed E-state index contributed by atoms with van der Waals surface area (Å²) in [5.74, 6) is -0.0556. The summed E-state index contributed by atoms with van der Waals surface area (Å²) in [6.07, 6.45) is 1.56. The van der Waals surface area contributed by atoms with Gasteiger partial charge in [0.05, 0.1) is 5.92 Å². The minimum atomic E-state index is -0.0556. The molecule has 0 saturated carbocycles. The lowest BCUT2D eigenvalue weighted by molar-refractivity contribution is -0.614. The second kappa shape index (κ2) is 6.02. The quantitative estimate of drug-likeness (QED) is 0.526. The minimum absolute atomic E-state index is 0.0556. The van der Waals surface area contributed by atoms with Crippen molar-refractivity contribution in [1.29, 1.82) is 0 Å². The molecule has 0 unspecified atom stereocenters. The maximum Gasteiger partial charge on any atom is 0.204 e. The van der Waals surface area contributed by atoms with Gasteiger partial charge in [-0.15, -0.1) is 0 Å². The van der Waals surface area contributed by atoms with E-state index in [0.29, 0.717) is 0 Å². The highest BCUT2D eigenvalue weighted by Gasteiger charge is 2.23. The lowest BCUT2D eigenvalue weighted by Crippen LogP contribution is -2.33. The van der Waals surface area contributed by atoms with Crippen molar-refractivity contribution in [2.24, 2.45) is 0 Å². The standard InChI is InChI=1S/C20H19NO/c1-15-6-10-17(11-7-15)20(18-12-8-16(2)9-13-18)19-5-3-4-14-21(19)22/h3-14,20H,1-2H3. The van der Waals surface area contributed by atoms with Gasteiger partial charge in [0.1, 0.15) is 0 Å². The van der Waals surface area contributed by atoms with Crippen molar-refractivity contribution in [3.8, 4) is 0 Å². The van der Waals surface area contributed by atoms with Gasteiger partial charge in [-0.3, -0.25) is 0 Å². The summed E-state index contributed by atoms with van der Waals surface area (Å²) in [7, 11) is 0. The first-order chi connectivity index (χ1) is 10.6. The molecule has 0 radical (unpaired) electrons. The molecular formula is C20H19NO. The normalized spacial score (nSPS) is 10.9. The largest absolute Gasteiger partial charge is 0.618 e. The van der Waals surface area contributed by atoms with Crippen LogP contribution in [-0.4, -0.2) is 0 Å². The minimum Gasteiger partial charge on any atom is -0.618 e. The highest BCUT2D eigenvalue weighted by atomic mass is 16.5. The van der Waals surface area contributed by atoms with E-state index in [1.54, 1.807) is 12.3 Å². The van der Waals surface area contributed by atoms with Crippen molar-refractivity contribution in [3.63, 3.8) is 0 Å². The number of hydrogen-bond acceptors (Lipinski definition) is 1. The molecule has 0 bridgehead atoms.